The van der Waals surface area contributed by atoms with Crippen molar-refractivity contribution in [3.05, 3.63) is 90.0 Å². The molecule has 8 nitrogen and oxygen atoms in total. The number of carbonyl (C=O) groups excluding carboxylic acids is 2. The van der Waals surface area contributed by atoms with E-state index in [9.17, 15) is 18.0 Å². The number of carbonyl (C=O) groups is 2. The van der Waals surface area contributed by atoms with Crippen LogP contribution in [0.5, 0.6) is 11.5 Å². The van der Waals surface area contributed by atoms with Gasteiger partial charge in [-0.2, -0.15) is 0 Å². The lowest BCUT2D eigenvalue weighted by molar-refractivity contribution is -0.139. The Morgan fingerprint density at radius 1 is 0.902 bits per heavy atom. The summed E-state index contributed by atoms with van der Waals surface area (Å²) in [5.41, 5.74) is 2.27. The van der Waals surface area contributed by atoms with Crippen LogP contribution in [0.25, 0.3) is 0 Å². The van der Waals surface area contributed by atoms with E-state index in [4.69, 9.17) is 4.74 Å². The van der Waals surface area contributed by atoms with Gasteiger partial charge in [-0.05, 0) is 68.7 Å². The van der Waals surface area contributed by atoms with Gasteiger partial charge in [-0.25, -0.2) is 8.42 Å². The predicted octanol–water partition coefficient (Wildman–Crippen LogP) is 5.42. The number of hydrogen-bond donors (Lipinski definition) is 1. The molecule has 1 aliphatic carbocycles. The van der Waals surface area contributed by atoms with Gasteiger partial charge in [-0.15, -0.1) is 0 Å². The Morgan fingerprint density at radius 2 is 1.51 bits per heavy atom. The first-order valence-electron chi connectivity index (χ1n) is 14.1. The molecule has 0 heterocycles. The molecule has 9 heteroatoms. The third-order valence-corrected chi connectivity index (χ3v) is 8.52. The number of para-hydroxylation sites is 1. The zero-order valence-electron chi connectivity index (χ0n) is 24.0. The monoisotopic (exact) mass is 577 g/mol. The molecule has 0 aromatic heterocycles. The van der Waals surface area contributed by atoms with E-state index >= 15 is 0 Å². The van der Waals surface area contributed by atoms with Crippen LogP contribution in [-0.4, -0.2) is 50.0 Å². The summed E-state index contributed by atoms with van der Waals surface area (Å²) in [6.07, 6.45) is 6.24. The second-order valence-corrected chi connectivity index (χ2v) is 12.6. The minimum absolute atomic E-state index is 0.0964. The van der Waals surface area contributed by atoms with E-state index in [0.717, 1.165) is 47.4 Å². The SMILES string of the molecule is Cc1ccc(CN(C(=O)CN(c2ccc(Oc3ccccc3)cc2)S(C)(=O)=O)C(C)C(=O)NC2CCCCC2)cc1. The molecule has 0 aliphatic heterocycles. The maximum atomic E-state index is 13.8. The van der Waals surface area contributed by atoms with Crippen molar-refractivity contribution in [1.29, 1.82) is 0 Å². The Bertz CT molecular complexity index is 1400. The van der Waals surface area contributed by atoms with Gasteiger partial charge in [0.25, 0.3) is 0 Å². The third-order valence-electron chi connectivity index (χ3n) is 7.38. The van der Waals surface area contributed by atoms with E-state index < -0.39 is 28.5 Å². The molecule has 1 atom stereocenters. The van der Waals surface area contributed by atoms with Crippen molar-refractivity contribution >= 4 is 27.5 Å². The minimum atomic E-state index is -3.82. The van der Waals surface area contributed by atoms with Crippen molar-refractivity contribution in [1.82, 2.24) is 10.2 Å². The summed E-state index contributed by atoms with van der Waals surface area (Å²) < 4.78 is 32.6. The molecule has 41 heavy (non-hydrogen) atoms. The van der Waals surface area contributed by atoms with Gasteiger partial charge in [0.05, 0.1) is 11.9 Å². The van der Waals surface area contributed by atoms with Crippen molar-refractivity contribution in [2.45, 2.75) is 64.6 Å². The van der Waals surface area contributed by atoms with Crippen LogP contribution in [0.2, 0.25) is 0 Å². The molecule has 0 radical (unpaired) electrons. The first kappa shape index (κ1) is 30.1. The molecule has 1 aliphatic rings. The summed E-state index contributed by atoms with van der Waals surface area (Å²) >= 11 is 0. The number of ether oxygens (including phenoxy) is 1. The highest BCUT2D eigenvalue weighted by Crippen LogP contribution is 2.26. The number of amides is 2. The Kier molecular flexibility index (Phi) is 10.0. The average molecular weight is 578 g/mol. The number of anilines is 1. The summed E-state index contributed by atoms with van der Waals surface area (Å²) in [7, 11) is -3.82. The summed E-state index contributed by atoms with van der Waals surface area (Å²) in [4.78, 5) is 28.6. The van der Waals surface area contributed by atoms with Crippen LogP contribution in [0.4, 0.5) is 5.69 Å². The number of benzene rings is 3. The van der Waals surface area contributed by atoms with E-state index in [1.807, 2.05) is 61.5 Å². The van der Waals surface area contributed by atoms with Crippen LogP contribution in [0.1, 0.15) is 50.2 Å². The summed E-state index contributed by atoms with van der Waals surface area (Å²) in [5, 5.41) is 3.11. The zero-order chi connectivity index (χ0) is 29.4. The molecular formula is C32H39N3O5S. The largest absolute Gasteiger partial charge is 0.457 e. The number of aryl methyl sites for hydroxylation is 1. The summed E-state index contributed by atoms with van der Waals surface area (Å²) in [6, 6.07) is 22.8. The molecule has 3 aromatic rings. The van der Waals surface area contributed by atoms with Gasteiger partial charge in [0.1, 0.15) is 24.1 Å². The standard InChI is InChI=1S/C32H39N3O5S/c1-24-14-16-26(17-15-24)22-34(25(2)32(37)33-27-10-6-4-7-11-27)31(36)23-35(41(3,38)39)28-18-20-30(21-19-28)40-29-12-8-5-9-13-29/h5,8-9,12-21,25,27H,4,6-7,10-11,22-23H2,1-3H3,(H,33,37). The van der Waals surface area contributed by atoms with E-state index in [1.165, 1.54) is 11.3 Å². The second kappa shape index (κ2) is 13.7. The second-order valence-electron chi connectivity index (χ2n) is 10.7. The van der Waals surface area contributed by atoms with Gasteiger partial charge < -0.3 is 15.0 Å². The maximum Gasteiger partial charge on any atom is 0.244 e. The average Bonchev–Trinajstić information content (AvgIpc) is 2.96. The molecule has 1 fully saturated rings. The topological polar surface area (TPSA) is 96.0 Å². The number of nitrogens with zero attached hydrogens (tertiary/aromatic N) is 2. The smallest absolute Gasteiger partial charge is 0.244 e. The van der Waals surface area contributed by atoms with Crippen LogP contribution in [0.15, 0.2) is 78.9 Å². The van der Waals surface area contributed by atoms with Crippen molar-refractivity contribution < 1.29 is 22.7 Å². The van der Waals surface area contributed by atoms with Gasteiger partial charge >= 0.3 is 0 Å². The van der Waals surface area contributed by atoms with E-state index in [-0.39, 0.29) is 18.5 Å². The number of hydrogen-bond acceptors (Lipinski definition) is 5. The van der Waals surface area contributed by atoms with E-state index in [1.54, 1.807) is 31.2 Å². The van der Waals surface area contributed by atoms with Crippen LogP contribution in [-0.2, 0) is 26.2 Å². The fourth-order valence-electron chi connectivity index (χ4n) is 4.96. The van der Waals surface area contributed by atoms with Crippen molar-refractivity contribution in [2.75, 3.05) is 17.1 Å². The zero-order valence-corrected chi connectivity index (χ0v) is 24.8. The number of nitrogens with one attached hydrogen (secondary N) is 1. The van der Waals surface area contributed by atoms with E-state index in [0.29, 0.717) is 17.2 Å². The van der Waals surface area contributed by atoms with Crippen LogP contribution in [0, 0.1) is 6.92 Å². The molecule has 1 unspecified atom stereocenters. The Morgan fingerprint density at radius 3 is 2.12 bits per heavy atom. The number of rotatable bonds is 11. The Balaban J connectivity index is 1.54. The fraction of sp³-hybridized carbons (Fsp3) is 0.375. The molecule has 0 bridgehead atoms. The Labute approximate surface area is 243 Å². The molecule has 3 aromatic carbocycles. The molecule has 2 amide bonds. The predicted molar refractivity (Wildman–Crippen MR) is 161 cm³/mol. The van der Waals surface area contributed by atoms with Crippen LogP contribution in [0.3, 0.4) is 0 Å². The van der Waals surface area contributed by atoms with Gasteiger partial charge in [0, 0.05) is 12.6 Å². The maximum absolute atomic E-state index is 13.8. The minimum Gasteiger partial charge on any atom is -0.457 e. The quantitative estimate of drug-likeness (QED) is 0.328. The fourth-order valence-corrected chi connectivity index (χ4v) is 5.81. The first-order chi connectivity index (χ1) is 19.6. The lowest BCUT2D eigenvalue weighted by Gasteiger charge is -2.33. The third kappa shape index (κ3) is 8.57. The summed E-state index contributed by atoms with van der Waals surface area (Å²) in [6.45, 7) is 3.42. The molecule has 1 saturated carbocycles. The molecule has 218 valence electrons. The first-order valence-corrected chi connectivity index (χ1v) is 15.9. The molecule has 0 spiro atoms. The van der Waals surface area contributed by atoms with Gasteiger partial charge in [0.15, 0.2) is 0 Å². The van der Waals surface area contributed by atoms with Crippen molar-refractivity contribution in [3.63, 3.8) is 0 Å². The lowest BCUT2D eigenvalue weighted by atomic mass is 9.95. The highest BCUT2D eigenvalue weighted by molar-refractivity contribution is 7.92. The van der Waals surface area contributed by atoms with Crippen LogP contribution >= 0.6 is 0 Å². The van der Waals surface area contributed by atoms with E-state index in [2.05, 4.69) is 5.32 Å². The molecule has 0 saturated heterocycles. The van der Waals surface area contributed by atoms with Crippen molar-refractivity contribution in [3.8, 4) is 11.5 Å². The lowest BCUT2D eigenvalue weighted by Crippen LogP contribution is -2.52. The molecular weight excluding hydrogens is 538 g/mol. The summed E-state index contributed by atoms with van der Waals surface area (Å²) in [5.74, 6) is 0.494. The van der Waals surface area contributed by atoms with Crippen molar-refractivity contribution in [2.24, 2.45) is 0 Å². The highest BCUT2D eigenvalue weighted by atomic mass is 32.2. The Hall–Kier alpha value is -3.85. The van der Waals surface area contributed by atoms with Gasteiger partial charge in [-0.3, -0.25) is 13.9 Å². The van der Waals surface area contributed by atoms with Gasteiger partial charge in [0.2, 0.25) is 21.8 Å². The normalized spacial score (nSPS) is 14.6. The number of sulfonamides is 1. The highest BCUT2D eigenvalue weighted by Gasteiger charge is 2.31. The van der Waals surface area contributed by atoms with Crippen LogP contribution < -0.4 is 14.4 Å². The molecule has 4 rings (SSSR count). The van der Waals surface area contributed by atoms with Gasteiger partial charge in [-0.1, -0.05) is 67.3 Å². The molecule has 1 N–H and O–H groups in total.